The van der Waals surface area contributed by atoms with Crippen LogP contribution < -0.4 is 5.73 Å². The van der Waals surface area contributed by atoms with Crippen LogP contribution >= 0.6 is 0 Å². The van der Waals surface area contributed by atoms with Gasteiger partial charge in [-0.25, -0.2) is 4.98 Å². The number of nitrogens with two attached hydrogens (primary N) is 1. The van der Waals surface area contributed by atoms with Gasteiger partial charge >= 0.3 is 6.18 Å². The van der Waals surface area contributed by atoms with Crippen LogP contribution in [0, 0.1) is 18.3 Å². The largest absolute Gasteiger partial charge is 0.417 e. The first-order valence-electron chi connectivity index (χ1n) is 7.75. The second-order valence-electron chi connectivity index (χ2n) is 5.84. The summed E-state index contributed by atoms with van der Waals surface area (Å²) in [5.41, 5.74) is 7.12. The van der Waals surface area contributed by atoms with E-state index in [1.54, 1.807) is 6.07 Å². The summed E-state index contributed by atoms with van der Waals surface area (Å²) >= 11 is 0. The molecule has 0 radical (unpaired) electrons. The molecule has 26 heavy (non-hydrogen) atoms. The molecule has 6 heteroatoms. The highest BCUT2D eigenvalue weighted by molar-refractivity contribution is 5.82. The van der Waals surface area contributed by atoms with Crippen molar-refractivity contribution in [3.8, 4) is 28.5 Å². The Morgan fingerprint density at radius 2 is 1.73 bits per heavy atom. The highest BCUT2D eigenvalue weighted by Gasteiger charge is 2.34. The molecule has 3 rings (SSSR count). The van der Waals surface area contributed by atoms with Crippen molar-refractivity contribution in [3.05, 3.63) is 71.3 Å². The van der Waals surface area contributed by atoms with E-state index < -0.39 is 11.7 Å². The number of benzene rings is 2. The fraction of sp³-hybridized carbons (Fsp3) is 0.100. The molecule has 1 heterocycles. The Labute approximate surface area is 148 Å². The summed E-state index contributed by atoms with van der Waals surface area (Å²) in [7, 11) is 0. The minimum absolute atomic E-state index is 0.0712. The Kier molecular flexibility index (Phi) is 4.39. The summed E-state index contributed by atoms with van der Waals surface area (Å²) in [6, 6.07) is 15.8. The number of rotatable bonds is 2. The first-order valence-corrected chi connectivity index (χ1v) is 7.75. The van der Waals surface area contributed by atoms with E-state index in [2.05, 4.69) is 4.98 Å². The Morgan fingerprint density at radius 1 is 1.00 bits per heavy atom. The third kappa shape index (κ3) is 3.24. The van der Waals surface area contributed by atoms with Crippen molar-refractivity contribution in [3.63, 3.8) is 0 Å². The highest BCUT2D eigenvalue weighted by Crippen LogP contribution is 2.40. The van der Waals surface area contributed by atoms with Crippen molar-refractivity contribution in [1.82, 2.24) is 4.98 Å². The van der Waals surface area contributed by atoms with E-state index in [-0.39, 0.29) is 22.5 Å². The average Bonchev–Trinajstić information content (AvgIpc) is 2.60. The van der Waals surface area contributed by atoms with E-state index in [0.717, 1.165) is 11.6 Å². The van der Waals surface area contributed by atoms with Crippen LogP contribution in [0.2, 0.25) is 0 Å². The number of nitriles is 1. The monoisotopic (exact) mass is 353 g/mol. The molecule has 0 amide bonds. The molecule has 0 bridgehead atoms. The Morgan fingerprint density at radius 3 is 2.38 bits per heavy atom. The summed E-state index contributed by atoms with van der Waals surface area (Å²) in [5.74, 6) is -0.0986. The summed E-state index contributed by atoms with van der Waals surface area (Å²) < 4.78 is 40.3. The average molecular weight is 353 g/mol. The van der Waals surface area contributed by atoms with Crippen molar-refractivity contribution in [1.29, 1.82) is 5.26 Å². The quantitative estimate of drug-likeness (QED) is 0.689. The van der Waals surface area contributed by atoms with Gasteiger partial charge in [-0.3, -0.25) is 0 Å². The zero-order valence-electron chi connectivity index (χ0n) is 13.8. The normalized spacial score (nSPS) is 11.2. The van der Waals surface area contributed by atoms with E-state index in [0.29, 0.717) is 11.3 Å². The number of aromatic nitrogens is 1. The van der Waals surface area contributed by atoms with E-state index in [4.69, 9.17) is 5.73 Å². The van der Waals surface area contributed by atoms with Gasteiger partial charge in [0.2, 0.25) is 0 Å². The molecular weight excluding hydrogens is 339 g/mol. The topological polar surface area (TPSA) is 62.7 Å². The van der Waals surface area contributed by atoms with Gasteiger partial charge < -0.3 is 5.73 Å². The number of nitrogen functional groups attached to an aromatic ring is 1. The molecule has 0 fully saturated rings. The molecule has 0 aliphatic rings. The number of aryl methyl sites for hydroxylation is 1. The third-order valence-electron chi connectivity index (χ3n) is 4.00. The van der Waals surface area contributed by atoms with Crippen LogP contribution in [-0.2, 0) is 6.18 Å². The molecule has 3 aromatic rings. The lowest BCUT2D eigenvalue weighted by molar-refractivity contribution is -0.137. The van der Waals surface area contributed by atoms with E-state index in [1.165, 1.54) is 24.3 Å². The number of alkyl halides is 3. The number of hydrogen-bond donors (Lipinski definition) is 1. The fourth-order valence-corrected chi connectivity index (χ4v) is 2.81. The highest BCUT2D eigenvalue weighted by atomic mass is 19.4. The van der Waals surface area contributed by atoms with Gasteiger partial charge in [-0.2, -0.15) is 18.4 Å². The summed E-state index contributed by atoms with van der Waals surface area (Å²) in [5, 5.41) is 9.41. The van der Waals surface area contributed by atoms with Crippen molar-refractivity contribution in [2.75, 3.05) is 5.73 Å². The molecule has 0 aliphatic carbocycles. The second kappa shape index (κ2) is 6.52. The maximum atomic E-state index is 13.4. The zero-order valence-corrected chi connectivity index (χ0v) is 13.8. The molecular formula is C20H14F3N3. The van der Waals surface area contributed by atoms with Gasteiger partial charge in [0.25, 0.3) is 0 Å². The SMILES string of the molecule is Cc1cccc(-c2cc(-c3ccccc3C(F)(F)F)c(C#N)c(N)n2)c1. The van der Waals surface area contributed by atoms with Crippen LogP contribution in [0.25, 0.3) is 22.4 Å². The van der Waals surface area contributed by atoms with Crippen LogP contribution in [0.1, 0.15) is 16.7 Å². The number of anilines is 1. The van der Waals surface area contributed by atoms with Gasteiger partial charge in [0.15, 0.2) is 0 Å². The smallest absolute Gasteiger partial charge is 0.383 e. The van der Waals surface area contributed by atoms with Crippen molar-refractivity contribution in [2.45, 2.75) is 13.1 Å². The van der Waals surface area contributed by atoms with Crippen LogP contribution in [0.4, 0.5) is 19.0 Å². The van der Waals surface area contributed by atoms with Crippen LogP contribution in [0.5, 0.6) is 0 Å². The standard InChI is InChI=1S/C20H14F3N3/c1-12-5-4-6-13(9-12)18-10-15(16(11-24)19(25)26-18)14-7-2-3-8-17(14)20(21,22)23/h2-10H,1H3,(H2,25,26). The minimum Gasteiger partial charge on any atom is -0.383 e. The number of halogens is 3. The van der Waals surface area contributed by atoms with Crippen LogP contribution in [-0.4, -0.2) is 4.98 Å². The third-order valence-corrected chi connectivity index (χ3v) is 4.00. The lowest BCUT2D eigenvalue weighted by atomic mass is 9.94. The predicted molar refractivity (Wildman–Crippen MR) is 94.0 cm³/mol. The lowest BCUT2D eigenvalue weighted by Gasteiger charge is -2.15. The van der Waals surface area contributed by atoms with Gasteiger partial charge in [0, 0.05) is 11.1 Å². The number of nitrogens with zero attached hydrogens (tertiary/aromatic N) is 2. The van der Waals surface area contributed by atoms with Crippen LogP contribution in [0.15, 0.2) is 54.6 Å². The fourth-order valence-electron chi connectivity index (χ4n) is 2.81. The first kappa shape index (κ1) is 17.5. The van der Waals surface area contributed by atoms with Gasteiger partial charge in [0.05, 0.1) is 11.3 Å². The van der Waals surface area contributed by atoms with Gasteiger partial charge in [-0.15, -0.1) is 0 Å². The maximum absolute atomic E-state index is 13.4. The second-order valence-corrected chi connectivity index (χ2v) is 5.84. The van der Waals surface area contributed by atoms with Crippen LogP contribution in [0.3, 0.4) is 0 Å². The van der Waals surface area contributed by atoms with Crippen molar-refractivity contribution < 1.29 is 13.2 Å². The Balaban J connectivity index is 2.31. The van der Waals surface area contributed by atoms with Gasteiger partial charge in [0.1, 0.15) is 17.5 Å². The molecule has 2 aromatic carbocycles. The molecule has 1 aromatic heterocycles. The molecule has 0 saturated heterocycles. The molecule has 0 aliphatic heterocycles. The number of pyridine rings is 1. The lowest BCUT2D eigenvalue weighted by Crippen LogP contribution is -2.08. The molecule has 2 N–H and O–H groups in total. The van der Waals surface area contributed by atoms with Crippen molar-refractivity contribution >= 4 is 5.82 Å². The van der Waals surface area contributed by atoms with Crippen molar-refractivity contribution in [2.24, 2.45) is 0 Å². The Hall–Kier alpha value is -3.33. The number of hydrogen-bond acceptors (Lipinski definition) is 3. The van der Waals surface area contributed by atoms with Gasteiger partial charge in [-0.1, -0.05) is 42.0 Å². The Bertz CT molecular complexity index is 1020. The molecule has 3 nitrogen and oxygen atoms in total. The summed E-state index contributed by atoms with van der Waals surface area (Å²) in [6.45, 7) is 1.90. The van der Waals surface area contributed by atoms with E-state index in [1.807, 2.05) is 31.2 Å². The molecule has 0 atom stereocenters. The minimum atomic E-state index is -4.55. The first-order chi connectivity index (χ1) is 12.3. The molecule has 0 saturated carbocycles. The zero-order chi connectivity index (χ0) is 18.9. The maximum Gasteiger partial charge on any atom is 0.417 e. The van der Waals surface area contributed by atoms with Gasteiger partial charge in [-0.05, 0) is 30.7 Å². The molecule has 0 spiro atoms. The molecule has 0 unspecified atom stereocenters. The van der Waals surface area contributed by atoms with E-state index >= 15 is 0 Å². The molecule has 130 valence electrons. The predicted octanol–water partition coefficient (Wildman–Crippen LogP) is 5.20. The summed E-state index contributed by atoms with van der Waals surface area (Å²) in [6.07, 6.45) is -4.55. The summed E-state index contributed by atoms with van der Waals surface area (Å²) in [4.78, 5) is 4.21. The van der Waals surface area contributed by atoms with E-state index in [9.17, 15) is 18.4 Å².